The number of rotatable bonds is 4. The zero-order chi connectivity index (χ0) is 19.6. The maximum absolute atomic E-state index is 5.76. The molecule has 0 bridgehead atoms. The summed E-state index contributed by atoms with van der Waals surface area (Å²) in [4.78, 5) is 9.12. The highest BCUT2D eigenvalue weighted by Crippen LogP contribution is 2.28. The third-order valence-corrected chi connectivity index (χ3v) is 4.69. The first kappa shape index (κ1) is 16.9. The Morgan fingerprint density at radius 2 is 1.55 bits per heavy atom. The molecule has 2 aromatic heterocycles. The summed E-state index contributed by atoms with van der Waals surface area (Å²) in [6.45, 7) is 0. The summed E-state index contributed by atoms with van der Waals surface area (Å²) in [7, 11) is 0. The van der Waals surface area contributed by atoms with E-state index in [4.69, 9.17) is 10.7 Å². The molecule has 0 spiro atoms. The fraction of sp³-hybridized carbons (Fsp3) is 0. The Balaban J connectivity index is 1.59. The van der Waals surface area contributed by atoms with Gasteiger partial charge in [0.2, 0.25) is 5.95 Å². The van der Waals surface area contributed by atoms with Gasteiger partial charge in [-0.3, -0.25) is 0 Å². The zero-order valence-electron chi connectivity index (χ0n) is 15.5. The summed E-state index contributed by atoms with van der Waals surface area (Å²) >= 11 is 0. The van der Waals surface area contributed by atoms with E-state index in [-0.39, 0.29) is 0 Å². The summed E-state index contributed by atoms with van der Waals surface area (Å²) in [5, 5.41) is 8.67. The number of fused-ring (bicyclic) bond motifs is 1. The topological polar surface area (TPSA) is 81.6 Å². The second-order valence-electron chi connectivity index (χ2n) is 6.66. The molecule has 0 fully saturated rings. The van der Waals surface area contributed by atoms with Crippen LogP contribution in [0.4, 0.5) is 17.3 Å². The third kappa shape index (κ3) is 3.27. The Labute approximate surface area is 167 Å². The molecular formula is C23H18N6. The number of para-hydroxylation sites is 1. The van der Waals surface area contributed by atoms with E-state index in [9.17, 15) is 0 Å². The largest absolute Gasteiger partial charge is 0.399 e. The molecular weight excluding hydrogens is 360 g/mol. The van der Waals surface area contributed by atoms with Crippen LogP contribution in [0.15, 0.2) is 91.3 Å². The zero-order valence-corrected chi connectivity index (χ0v) is 15.5. The highest BCUT2D eigenvalue weighted by Gasteiger charge is 2.13. The van der Waals surface area contributed by atoms with Crippen LogP contribution in [-0.4, -0.2) is 19.7 Å². The molecule has 6 nitrogen and oxygen atoms in total. The van der Waals surface area contributed by atoms with Crippen molar-refractivity contribution in [1.82, 2.24) is 19.7 Å². The van der Waals surface area contributed by atoms with Gasteiger partial charge in [-0.2, -0.15) is 10.1 Å². The van der Waals surface area contributed by atoms with Crippen LogP contribution >= 0.6 is 0 Å². The van der Waals surface area contributed by atoms with E-state index in [0.29, 0.717) is 11.6 Å². The molecule has 29 heavy (non-hydrogen) atoms. The lowest BCUT2D eigenvalue weighted by Gasteiger charge is -2.11. The molecule has 3 N–H and O–H groups in total. The van der Waals surface area contributed by atoms with E-state index >= 15 is 0 Å². The number of benzene rings is 3. The number of nitrogen functional groups attached to an aromatic ring is 1. The lowest BCUT2D eigenvalue weighted by atomic mass is 10.0. The van der Waals surface area contributed by atoms with Gasteiger partial charge in [0.05, 0.1) is 17.3 Å². The summed E-state index contributed by atoms with van der Waals surface area (Å²) in [5.41, 5.74) is 11.3. The van der Waals surface area contributed by atoms with Gasteiger partial charge in [-0.05, 0) is 35.9 Å². The SMILES string of the molecule is Nc1ccc(Nc2ncc3cnn(-c4ccccc4-c4ccccc4)c3n2)cc1. The fourth-order valence-electron chi connectivity index (χ4n) is 3.27. The van der Waals surface area contributed by atoms with Crippen LogP contribution < -0.4 is 11.1 Å². The van der Waals surface area contributed by atoms with Gasteiger partial charge in [0.1, 0.15) is 0 Å². The molecule has 5 rings (SSSR count). The standard InChI is InChI=1S/C23H18N6/c24-18-10-12-19(13-11-18)27-23-25-14-17-15-26-29(22(17)28-23)21-9-5-4-8-20(21)16-6-2-1-3-7-16/h1-15H,24H2,(H,25,27,28). The molecule has 0 radical (unpaired) electrons. The molecule has 3 aromatic carbocycles. The van der Waals surface area contributed by atoms with Crippen LogP contribution in [0.5, 0.6) is 0 Å². The quantitative estimate of drug-likeness (QED) is 0.439. The second-order valence-corrected chi connectivity index (χ2v) is 6.66. The highest BCUT2D eigenvalue weighted by molar-refractivity contribution is 5.81. The van der Waals surface area contributed by atoms with Gasteiger partial charge < -0.3 is 11.1 Å². The number of anilines is 3. The Morgan fingerprint density at radius 3 is 2.38 bits per heavy atom. The molecule has 0 atom stereocenters. The van der Waals surface area contributed by atoms with E-state index in [1.165, 1.54) is 0 Å². The lowest BCUT2D eigenvalue weighted by molar-refractivity contribution is 0.897. The normalized spacial score (nSPS) is 10.9. The second kappa shape index (κ2) is 7.09. The number of nitrogens with one attached hydrogen (secondary N) is 1. The van der Waals surface area contributed by atoms with Crippen LogP contribution in [-0.2, 0) is 0 Å². The maximum Gasteiger partial charge on any atom is 0.229 e. The van der Waals surface area contributed by atoms with Crippen molar-refractivity contribution in [2.24, 2.45) is 0 Å². The minimum Gasteiger partial charge on any atom is -0.399 e. The Bertz CT molecular complexity index is 1280. The third-order valence-electron chi connectivity index (χ3n) is 4.69. The van der Waals surface area contributed by atoms with Crippen LogP contribution in [0, 0.1) is 0 Å². The molecule has 0 aliphatic carbocycles. The minimum absolute atomic E-state index is 0.501. The highest BCUT2D eigenvalue weighted by atomic mass is 15.3. The van der Waals surface area contributed by atoms with Gasteiger partial charge >= 0.3 is 0 Å². The molecule has 0 saturated heterocycles. The number of hydrogen-bond acceptors (Lipinski definition) is 5. The molecule has 0 unspecified atom stereocenters. The smallest absolute Gasteiger partial charge is 0.229 e. The van der Waals surface area contributed by atoms with Gasteiger partial charge in [0, 0.05) is 23.1 Å². The van der Waals surface area contributed by atoms with E-state index < -0.39 is 0 Å². The Morgan fingerprint density at radius 1 is 0.793 bits per heavy atom. The monoisotopic (exact) mass is 378 g/mol. The number of nitrogens with two attached hydrogens (primary N) is 1. The lowest BCUT2D eigenvalue weighted by Crippen LogP contribution is -2.02. The number of aromatic nitrogens is 4. The summed E-state index contributed by atoms with van der Waals surface area (Å²) in [6.07, 6.45) is 3.56. The Kier molecular flexibility index (Phi) is 4.14. The van der Waals surface area contributed by atoms with Crippen LogP contribution in [0.3, 0.4) is 0 Å². The average Bonchev–Trinajstić information content (AvgIpc) is 3.19. The van der Waals surface area contributed by atoms with Crippen LogP contribution in [0.25, 0.3) is 27.8 Å². The van der Waals surface area contributed by atoms with Crippen molar-refractivity contribution in [2.75, 3.05) is 11.1 Å². The van der Waals surface area contributed by atoms with E-state index in [0.717, 1.165) is 33.5 Å². The average molecular weight is 378 g/mol. The maximum atomic E-state index is 5.76. The van der Waals surface area contributed by atoms with Gasteiger partial charge in [-0.25, -0.2) is 9.67 Å². The van der Waals surface area contributed by atoms with E-state index in [1.807, 2.05) is 65.3 Å². The van der Waals surface area contributed by atoms with Crippen molar-refractivity contribution >= 4 is 28.4 Å². The first-order valence-electron chi connectivity index (χ1n) is 9.26. The molecule has 0 aliphatic rings. The van der Waals surface area contributed by atoms with E-state index in [2.05, 4.69) is 33.6 Å². The van der Waals surface area contributed by atoms with E-state index in [1.54, 1.807) is 12.4 Å². The predicted molar refractivity (Wildman–Crippen MR) is 116 cm³/mol. The summed E-state index contributed by atoms with van der Waals surface area (Å²) < 4.78 is 1.85. The first-order chi connectivity index (χ1) is 14.3. The van der Waals surface area contributed by atoms with Crippen molar-refractivity contribution in [2.45, 2.75) is 0 Å². The number of nitrogens with zero attached hydrogens (tertiary/aromatic N) is 4. The first-order valence-corrected chi connectivity index (χ1v) is 9.26. The predicted octanol–water partition coefficient (Wildman–Crippen LogP) is 4.81. The van der Waals surface area contributed by atoms with Gasteiger partial charge in [0.25, 0.3) is 0 Å². The van der Waals surface area contributed by atoms with Crippen LogP contribution in [0.1, 0.15) is 0 Å². The summed E-state index contributed by atoms with van der Waals surface area (Å²) in [5.74, 6) is 0.501. The molecule has 2 heterocycles. The number of hydrogen-bond donors (Lipinski definition) is 2. The fourth-order valence-corrected chi connectivity index (χ4v) is 3.27. The molecule has 0 aliphatic heterocycles. The molecule has 6 heteroatoms. The molecule has 140 valence electrons. The van der Waals surface area contributed by atoms with Crippen molar-refractivity contribution in [3.05, 3.63) is 91.3 Å². The Hall–Kier alpha value is -4.19. The molecule has 5 aromatic rings. The molecule has 0 saturated carbocycles. The molecule has 0 amide bonds. The van der Waals surface area contributed by atoms with Crippen molar-refractivity contribution in [3.8, 4) is 16.8 Å². The van der Waals surface area contributed by atoms with Gasteiger partial charge in [0.15, 0.2) is 5.65 Å². The summed E-state index contributed by atoms with van der Waals surface area (Å²) in [6, 6.07) is 25.9. The van der Waals surface area contributed by atoms with Crippen molar-refractivity contribution in [3.63, 3.8) is 0 Å². The van der Waals surface area contributed by atoms with Gasteiger partial charge in [-0.1, -0.05) is 48.5 Å². The van der Waals surface area contributed by atoms with Gasteiger partial charge in [-0.15, -0.1) is 0 Å². The van der Waals surface area contributed by atoms with Crippen LogP contribution in [0.2, 0.25) is 0 Å². The van der Waals surface area contributed by atoms with Crippen molar-refractivity contribution < 1.29 is 0 Å². The van der Waals surface area contributed by atoms with Crippen molar-refractivity contribution in [1.29, 1.82) is 0 Å². The minimum atomic E-state index is 0.501.